The van der Waals surface area contributed by atoms with E-state index < -0.39 is 10.0 Å². The molecule has 1 aromatic heterocycles. The average molecular weight is 388 g/mol. The highest BCUT2D eigenvalue weighted by Gasteiger charge is 2.22. The molecule has 26 heavy (non-hydrogen) atoms. The van der Waals surface area contributed by atoms with Crippen LogP contribution in [-0.4, -0.2) is 8.42 Å². The lowest BCUT2D eigenvalue weighted by Gasteiger charge is -2.13. The van der Waals surface area contributed by atoms with Crippen LogP contribution >= 0.6 is 11.3 Å². The summed E-state index contributed by atoms with van der Waals surface area (Å²) in [7, 11) is -3.88. The predicted octanol–water partition coefficient (Wildman–Crippen LogP) is 5.16. The molecule has 1 heterocycles. The summed E-state index contributed by atoms with van der Waals surface area (Å²) in [6, 6.07) is 12.8. The van der Waals surface area contributed by atoms with Crippen molar-refractivity contribution in [3.05, 3.63) is 77.3 Å². The van der Waals surface area contributed by atoms with Gasteiger partial charge in [0.25, 0.3) is 0 Å². The summed E-state index contributed by atoms with van der Waals surface area (Å²) in [5.41, 5.74) is 2.98. The lowest BCUT2D eigenvalue weighted by Crippen LogP contribution is -2.13. The van der Waals surface area contributed by atoms with E-state index in [0.717, 1.165) is 21.6 Å². The number of primary sulfonamides is 1. The highest BCUT2D eigenvalue weighted by molar-refractivity contribution is 7.89. The van der Waals surface area contributed by atoms with E-state index in [1.54, 1.807) is 30.3 Å². The molecule has 0 spiro atoms. The number of hydrogen-bond acceptors (Lipinski definition) is 3. The van der Waals surface area contributed by atoms with E-state index >= 15 is 0 Å². The summed E-state index contributed by atoms with van der Waals surface area (Å²) in [5.74, 6) is -0.260. The summed E-state index contributed by atoms with van der Waals surface area (Å²) in [6.45, 7) is 5.87. The second kappa shape index (κ2) is 7.15. The first-order chi connectivity index (χ1) is 12.3. The number of nitrogens with two attached hydrogens (primary N) is 1. The summed E-state index contributed by atoms with van der Waals surface area (Å²) >= 11 is 1.52. The molecule has 0 saturated heterocycles. The largest absolute Gasteiger partial charge is 0.238 e. The number of halogens is 1. The van der Waals surface area contributed by atoms with E-state index in [1.807, 2.05) is 18.4 Å². The zero-order valence-electron chi connectivity index (χ0n) is 14.1. The van der Waals surface area contributed by atoms with Crippen LogP contribution in [0.4, 0.5) is 4.39 Å². The Hall–Kier alpha value is -2.28. The van der Waals surface area contributed by atoms with Crippen LogP contribution in [-0.2, 0) is 10.0 Å². The van der Waals surface area contributed by atoms with Gasteiger partial charge in [-0.2, -0.15) is 0 Å². The molecule has 0 radical (unpaired) electrons. The van der Waals surface area contributed by atoms with Crippen LogP contribution in [0.3, 0.4) is 0 Å². The second-order valence-electron chi connectivity index (χ2n) is 5.96. The Morgan fingerprint density at radius 1 is 1.12 bits per heavy atom. The molecule has 0 aliphatic carbocycles. The molecule has 0 amide bonds. The minimum absolute atomic E-state index is 0.0652. The molecule has 3 nitrogen and oxygen atoms in total. The quantitative estimate of drug-likeness (QED) is 0.615. The monoisotopic (exact) mass is 387 g/mol. The van der Waals surface area contributed by atoms with E-state index in [9.17, 15) is 12.8 Å². The molecular weight excluding hydrogens is 369 g/mol. The van der Waals surface area contributed by atoms with Crippen molar-refractivity contribution in [1.82, 2.24) is 0 Å². The number of sulfonamides is 1. The Morgan fingerprint density at radius 2 is 1.77 bits per heavy atom. The van der Waals surface area contributed by atoms with E-state index in [4.69, 9.17) is 5.14 Å². The molecule has 2 N–H and O–H groups in total. The maximum Gasteiger partial charge on any atom is 0.238 e. The van der Waals surface area contributed by atoms with Crippen molar-refractivity contribution in [2.45, 2.75) is 17.7 Å². The molecule has 3 rings (SSSR count). The molecule has 0 saturated carbocycles. The highest BCUT2D eigenvalue weighted by Crippen LogP contribution is 2.44. The Morgan fingerprint density at radius 3 is 2.38 bits per heavy atom. The highest BCUT2D eigenvalue weighted by atomic mass is 32.2. The lowest BCUT2D eigenvalue weighted by atomic mass is 9.93. The van der Waals surface area contributed by atoms with Crippen LogP contribution in [0.25, 0.3) is 22.3 Å². The third-order valence-corrected chi connectivity index (χ3v) is 6.36. The van der Waals surface area contributed by atoms with Crippen molar-refractivity contribution in [3.8, 4) is 22.3 Å². The van der Waals surface area contributed by atoms with Gasteiger partial charge in [0.05, 0.1) is 4.90 Å². The van der Waals surface area contributed by atoms with Gasteiger partial charge in [-0.3, -0.25) is 0 Å². The fourth-order valence-corrected chi connectivity index (χ4v) is 4.76. The molecule has 1 atom stereocenters. The van der Waals surface area contributed by atoms with E-state index in [-0.39, 0.29) is 16.6 Å². The van der Waals surface area contributed by atoms with Gasteiger partial charge in [-0.1, -0.05) is 43.3 Å². The maximum absolute atomic E-state index is 13.4. The fourth-order valence-electron chi connectivity index (χ4n) is 2.86. The van der Waals surface area contributed by atoms with Crippen molar-refractivity contribution in [3.63, 3.8) is 0 Å². The number of rotatable bonds is 5. The number of thiophene rings is 1. The fraction of sp³-hybridized carbons (Fsp3) is 0.100. The SMILES string of the molecule is C=CC(C)c1scc(-c2ccccc2S(N)(=O)=O)c1-c1ccc(F)cc1. The van der Waals surface area contributed by atoms with Gasteiger partial charge in [0.2, 0.25) is 10.0 Å². The minimum Gasteiger partial charge on any atom is -0.225 e. The molecule has 6 heteroatoms. The second-order valence-corrected chi connectivity index (χ2v) is 8.40. The zero-order chi connectivity index (χ0) is 18.9. The summed E-state index contributed by atoms with van der Waals surface area (Å²) in [5, 5.41) is 7.32. The molecule has 3 aromatic rings. The van der Waals surface area contributed by atoms with Crippen LogP contribution in [0.5, 0.6) is 0 Å². The Kier molecular flexibility index (Phi) is 5.09. The van der Waals surface area contributed by atoms with Crippen LogP contribution < -0.4 is 5.14 Å². The normalized spacial score (nSPS) is 12.7. The van der Waals surface area contributed by atoms with Crippen LogP contribution in [0.1, 0.15) is 17.7 Å². The molecule has 0 aliphatic heterocycles. The summed E-state index contributed by atoms with van der Waals surface area (Å²) < 4.78 is 37.5. The van der Waals surface area contributed by atoms with Crippen molar-refractivity contribution >= 4 is 21.4 Å². The van der Waals surface area contributed by atoms with Gasteiger partial charge in [0.15, 0.2) is 0 Å². The number of benzene rings is 2. The van der Waals surface area contributed by atoms with Crippen molar-refractivity contribution in [1.29, 1.82) is 0 Å². The van der Waals surface area contributed by atoms with E-state index in [0.29, 0.717) is 5.56 Å². The molecule has 0 fully saturated rings. The number of allylic oxidation sites excluding steroid dienone is 1. The Labute approximate surface area is 156 Å². The minimum atomic E-state index is -3.88. The summed E-state index contributed by atoms with van der Waals surface area (Å²) in [6.07, 6.45) is 1.83. The molecular formula is C20H18FNO2S2. The van der Waals surface area contributed by atoms with Crippen molar-refractivity contribution in [2.24, 2.45) is 5.14 Å². The van der Waals surface area contributed by atoms with Crippen molar-refractivity contribution in [2.75, 3.05) is 0 Å². The van der Waals surface area contributed by atoms with Gasteiger partial charge < -0.3 is 0 Å². The van der Waals surface area contributed by atoms with Gasteiger partial charge in [-0.15, -0.1) is 17.9 Å². The molecule has 2 aromatic carbocycles. The Balaban J connectivity index is 2.33. The smallest absolute Gasteiger partial charge is 0.225 e. The zero-order valence-corrected chi connectivity index (χ0v) is 15.8. The van der Waals surface area contributed by atoms with E-state index in [1.165, 1.54) is 29.5 Å². The molecule has 134 valence electrons. The molecule has 1 unspecified atom stereocenters. The first-order valence-corrected chi connectivity index (χ1v) is 10.4. The summed E-state index contributed by atoms with van der Waals surface area (Å²) in [4.78, 5) is 1.10. The van der Waals surface area contributed by atoms with Crippen LogP contribution in [0.15, 0.2) is 71.5 Å². The standard InChI is InChI=1S/C20H18FNO2S2/c1-3-13(2)20-19(14-8-10-15(21)11-9-14)17(12-25-20)16-6-4-5-7-18(16)26(22,23)24/h3-13H,1H2,2H3,(H2,22,23,24). The topological polar surface area (TPSA) is 60.2 Å². The first kappa shape index (κ1) is 18.5. The third-order valence-electron chi connectivity index (χ3n) is 4.20. The third kappa shape index (κ3) is 3.49. The maximum atomic E-state index is 13.4. The van der Waals surface area contributed by atoms with Gasteiger partial charge in [0.1, 0.15) is 5.82 Å². The lowest BCUT2D eigenvalue weighted by molar-refractivity contribution is 0.598. The molecule has 0 bridgehead atoms. The van der Waals surface area contributed by atoms with Gasteiger partial charge in [-0.25, -0.2) is 17.9 Å². The van der Waals surface area contributed by atoms with Crippen LogP contribution in [0, 0.1) is 5.82 Å². The van der Waals surface area contributed by atoms with Gasteiger partial charge in [0, 0.05) is 27.5 Å². The predicted molar refractivity (Wildman–Crippen MR) is 105 cm³/mol. The number of hydrogen-bond donors (Lipinski definition) is 1. The molecule has 0 aliphatic rings. The van der Waals surface area contributed by atoms with Crippen molar-refractivity contribution < 1.29 is 12.8 Å². The average Bonchev–Trinajstić information content (AvgIpc) is 3.06. The van der Waals surface area contributed by atoms with Gasteiger partial charge >= 0.3 is 0 Å². The van der Waals surface area contributed by atoms with Crippen LogP contribution in [0.2, 0.25) is 0 Å². The van der Waals surface area contributed by atoms with Gasteiger partial charge in [-0.05, 0) is 29.1 Å². The first-order valence-electron chi connectivity index (χ1n) is 7.95. The van der Waals surface area contributed by atoms with E-state index in [2.05, 4.69) is 6.58 Å². The Bertz CT molecular complexity index is 1050.